The van der Waals surface area contributed by atoms with E-state index in [0.717, 1.165) is 18.7 Å². The topological polar surface area (TPSA) is 32.3 Å². The van der Waals surface area contributed by atoms with Crippen LogP contribution in [0.1, 0.15) is 26.2 Å². The van der Waals surface area contributed by atoms with Crippen molar-refractivity contribution in [3.05, 3.63) is 0 Å². The van der Waals surface area contributed by atoms with E-state index < -0.39 is 0 Å². The Morgan fingerprint density at radius 3 is 2.87 bits per heavy atom. The normalized spacial score (nSPS) is 23.5. The highest BCUT2D eigenvalue weighted by atomic mass is 32.2. The second-order valence-corrected chi connectivity index (χ2v) is 5.17. The smallest absolute Gasteiger partial charge is 0.239 e. The van der Waals surface area contributed by atoms with E-state index in [-0.39, 0.29) is 11.9 Å². The molecular formula is C11H22N2OS. The first-order chi connectivity index (χ1) is 7.16. The van der Waals surface area contributed by atoms with Crippen LogP contribution in [0.15, 0.2) is 0 Å². The summed E-state index contributed by atoms with van der Waals surface area (Å²) in [6.45, 7) is 3.10. The molecule has 1 N–H and O–H groups in total. The van der Waals surface area contributed by atoms with Gasteiger partial charge in [0.05, 0.1) is 6.04 Å². The van der Waals surface area contributed by atoms with Gasteiger partial charge in [-0.3, -0.25) is 4.79 Å². The van der Waals surface area contributed by atoms with Crippen LogP contribution in [-0.4, -0.2) is 48.5 Å². The average Bonchev–Trinajstić information content (AvgIpc) is 2.28. The maximum Gasteiger partial charge on any atom is 0.239 e. The van der Waals surface area contributed by atoms with Gasteiger partial charge < -0.3 is 10.2 Å². The van der Waals surface area contributed by atoms with Crippen LogP contribution >= 0.6 is 11.8 Å². The molecule has 0 saturated carbocycles. The third-order valence-electron chi connectivity index (χ3n) is 3.03. The van der Waals surface area contributed by atoms with Gasteiger partial charge in [-0.1, -0.05) is 6.42 Å². The van der Waals surface area contributed by atoms with Gasteiger partial charge in [0, 0.05) is 18.8 Å². The molecule has 4 heteroatoms. The van der Waals surface area contributed by atoms with Crippen LogP contribution < -0.4 is 5.32 Å². The lowest BCUT2D eigenvalue weighted by molar-refractivity contribution is -0.134. The summed E-state index contributed by atoms with van der Waals surface area (Å²) < 4.78 is 0. The number of thioether (sulfide) groups is 1. The van der Waals surface area contributed by atoms with Crippen molar-refractivity contribution in [2.45, 2.75) is 38.3 Å². The second-order valence-electron chi connectivity index (χ2n) is 4.26. The average molecular weight is 230 g/mol. The molecule has 88 valence electrons. The molecule has 1 unspecified atom stereocenters. The molecule has 1 heterocycles. The fraction of sp³-hybridized carbons (Fsp3) is 0.909. The van der Waals surface area contributed by atoms with Crippen molar-refractivity contribution in [2.75, 3.05) is 25.6 Å². The summed E-state index contributed by atoms with van der Waals surface area (Å²) in [5.74, 6) is 1.27. The molecule has 0 bridgehead atoms. The van der Waals surface area contributed by atoms with E-state index in [1.54, 1.807) is 11.8 Å². The number of hydrogen-bond donors (Lipinski definition) is 1. The van der Waals surface area contributed by atoms with Crippen molar-refractivity contribution in [3.63, 3.8) is 0 Å². The van der Waals surface area contributed by atoms with Gasteiger partial charge in [-0.15, -0.1) is 0 Å². The maximum absolute atomic E-state index is 12.1. The molecule has 0 aromatic rings. The largest absolute Gasteiger partial charge is 0.341 e. The van der Waals surface area contributed by atoms with Gasteiger partial charge >= 0.3 is 0 Å². The van der Waals surface area contributed by atoms with E-state index in [1.807, 2.05) is 11.9 Å². The minimum atomic E-state index is 0.0630. The Morgan fingerprint density at radius 2 is 2.33 bits per heavy atom. The van der Waals surface area contributed by atoms with Crippen molar-refractivity contribution in [3.8, 4) is 0 Å². The number of hydrogen-bond acceptors (Lipinski definition) is 3. The van der Waals surface area contributed by atoms with Gasteiger partial charge in [-0.25, -0.2) is 0 Å². The lowest BCUT2D eigenvalue weighted by Crippen LogP contribution is -2.50. The Labute approximate surface area is 97.0 Å². The SMILES string of the molecule is CSCC(C)N(C)C(=O)[C@@H]1CCCCN1. The fourth-order valence-electron chi connectivity index (χ4n) is 1.88. The molecule has 1 saturated heterocycles. The van der Waals surface area contributed by atoms with Crippen molar-refractivity contribution >= 4 is 17.7 Å². The predicted octanol–water partition coefficient (Wildman–Crippen LogP) is 1.34. The zero-order valence-corrected chi connectivity index (χ0v) is 10.8. The fourth-order valence-corrected chi connectivity index (χ4v) is 2.58. The van der Waals surface area contributed by atoms with Gasteiger partial charge in [0.25, 0.3) is 0 Å². The predicted molar refractivity (Wildman–Crippen MR) is 66.3 cm³/mol. The first-order valence-corrected chi connectivity index (χ1v) is 7.05. The van der Waals surface area contributed by atoms with E-state index in [4.69, 9.17) is 0 Å². The van der Waals surface area contributed by atoms with Crippen LogP contribution in [0.25, 0.3) is 0 Å². The standard InChI is InChI=1S/C11H22N2OS/c1-9(8-15-3)13(2)11(14)10-6-4-5-7-12-10/h9-10,12H,4-8H2,1-3H3/t9?,10-/m0/s1. The monoisotopic (exact) mass is 230 g/mol. The molecule has 1 fully saturated rings. The molecular weight excluding hydrogens is 208 g/mol. The Kier molecular flexibility index (Phi) is 5.47. The number of carbonyl (C=O) groups is 1. The molecule has 1 amide bonds. The molecule has 0 radical (unpaired) electrons. The molecule has 3 nitrogen and oxygen atoms in total. The van der Waals surface area contributed by atoms with Crippen LogP contribution in [0, 0.1) is 0 Å². The molecule has 0 spiro atoms. The summed E-state index contributed by atoms with van der Waals surface area (Å²) in [4.78, 5) is 14.0. The number of piperidine rings is 1. The molecule has 1 rings (SSSR count). The van der Waals surface area contributed by atoms with E-state index in [1.165, 1.54) is 12.8 Å². The summed E-state index contributed by atoms with van der Waals surface area (Å²) in [6.07, 6.45) is 5.45. The van der Waals surface area contributed by atoms with E-state index in [9.17, 15) is 4.79 Å². The third kappa shape index (κ3) is 3.68. The Hall–Kier alpha value is -0.220. The number of carbonyl (C=O) groups excluding carboxylic acids is 1. The summed E-state index contributed by atoms with van der Waals surface area (Å²) in [5.41, 5.74) is 0. The Balaban J connectivity index is 2.43. The molecule has 2 atom stereocenters. The van der Waals surface area contributed by atoms with E-state index >= 15 is 0 Å². The molecule has 1 aliphatic heterocycles. The number of nitrogens with one attached hydrogen (secondary N) is 1. The maximum atomic E-state index is 12.1. The van der Waals surface area contributed by atoms with Crippen molar-refractivity contribution in [2.24, 2.45) is 0 Å². The highest BCUT2D eigenvalue weighted by molar-refractivity contribution is 7.98. The Morgan fingerprint density at radius 1 is 1.60 bits per heavy atom. The number of amides is 1. The minimum Gasteiger partial charge on any atom is -0.341 e. The summed E-state index contributed by atoms with van der Waals surface area (Å²) in [5, 5.41) is 3.30. The molecule has 0 aliphatic carbocycles. The second kappa shape index (κ2) is 6.38. The quantitative estimate of drug-likeness (QED) is 0.791. The van der Waals surface area contributed by atoms with Gasteiger partial charge in [0.1, 0.15) is 0 Å². The molecule has 0 aromatic carbocycles. The summed E-state index contributed by atoms with van der Waals surface area (Å²) in [7, 11) is 1.92. The van der Waals surface area contributed by atoms with Crippen LogP contribution in [0.5, 0.6) is 0 Å². The van der Waals surface area contributed by atoms with Crippen molar-refractivity contribution in [1.82, 2.24) is 10.2 Å². The highest BCUT2D eigenvalue weighted by Gasteiger charge is 2.25. The van der Waals surface area contributed by atoms with Crippen molar-refractivity contribution < 1.29 is 4.79 Å². The molecule has 15 heavy (non-hydrogen) atoms. The molecule has 1 aliphatic rings. The first kappa shape index (κ1) is 12.8. The van der Waals surface area contributed by atoms with Gasteiger partial charge in [0.2, 0.25) is 5.91 Å². The number of rotatable bonds is 4. The van der Waals surface area contributed by atoms with E-state index in [0.29, 0.717) is 6.04 Å². The van der Waals surface area contributed by atoms with Gasteiger partial charge in [-0.05, 0) is 32.6 Å². The third-order valence-corrected chi connectivity index (χ3v) is 3.84. The summed E-state index contributed by atoms with van der Waals surface area (Å²) in [6, 6.07) is 0.393. The van der Waals surface area contributed by atoms with Crippen LogP contribution in [0.3, 0.4) is 0 Å². The van der Waals surface area contributed by atoms with Crippen LogP contribution in [0.2, 0.25) is 0 Å². The van der Waals surface area contributed by atoms with Crippen LogP contribution in [-0.2, 0) is 4.79 Å². The van der Waals surface area contributed by atoms with Gasteiger partial charge in [-0.2, -0.15) is 11.8 Å². The van der Waals surface area contributed by atoms with Gasteiger partial charge in [0.15, 0.2) is 0 Å². The summed E-state index contributed by atoms with van der Waals surface area (Å²) >= 11 is 1.79. The zero-order valence-electron chi connectivity index (χ0n) is 9.95. The highest BCUT2D eigenvalue weighted by Crippen LogP contribution is 2.12. The lowest BCUT2D eigenvalue weighted by Gasteiger charge is -2.31. The van der Waals surface area contributed by atoms with Crippen molar-refractivity contribution in [1.29, 1.82) is 0 Å². The lowest BCUT2D eigenvalue weighted by atomic mass is 10.0. The van der Waals surface area contributed by atoms with E-state index in [2.05, 4.69) is 18.5 Å². The minimum absolute atomic E-state index is 0.0630. The zero-order chi connectivity index (χ0) is 11.3. The number of likely N-dealkylation sites (N-methyl/N-ethyl adjacent to an activating group) is 1. The Bertz CT molecular complexity index is 205. The first-order valence-electron chi connectivity index (χ1n) is 5.65. The van der Waals surface area contributed by atoms with Crippen LogP contribution in [0.4, 0.5) is 0 Å². The molecule has 0 aromatic heterocycles. The number of nitrogens with zero attached hydrogens (tertiary/aromatic N) is 1.